The lowest BCUT2D eigenvalue weighted by Gasteiger charge is -2.06. The minimum Gasteiger partial charge on any atom is -0.453 e. The van der Waals surface area contributed by atoms with Crippen molar-refractivity contribution in [1.29, 1.82) is 0 Å². The molecule has 2 N–H and O–H groups in total. The molecule has 0 radical (unpaired) electrons. The molecule has 0 saturated heterocycles. The van der Waals surface area contributed by atoms with Crippen molar-refractivity contribution in [3.63, 3.8) is 0 Å². The van der Waals surface area contributed by atoms with E-state index < -0.39 is 6.09 Å². The summed E-state index contributed by atoms with van der Waals surface area (Å²) in [5.74, 6) is 0.408. The van der Waals surface area contributed by atoms with Gasteiger partial charge in [-0.3, -0.25) is 10.1 Å². The second-order valence-electron chi connectivity index (χ2n) is 4.35. The Morgan fingerprint density at radius 2 is 1.64 bits per heavy atom. The van der Waals surface area contributed by atoms with Crippen LogP contribution in [0.4, 0.5) is 16.2 Å². The van der Waals surface area contributed by atoms with Crippen molar-refractivity contribution in [2.24, 2.45) is 0 Å². The van der Waals surface area contributed by atoms with E-state index in [0.29, 0.717) is 23.7 Å². The van der Waals surface area contributed by atoms with Crippen molar-refractivity contribution in [3.05, 3.63) is 47.9 Å². The van der Waals surface area contributed by atoms with Crippen LogP contribution in [0, 0.1) is 0 Å². The van der Waals surface area contributed by atoms with Gasteiger partial charge < -0.3 is 19.2 Å². The largest absolute Gasteiger partial charge is 0.453 e. The van der Waals surface area contributed by atoms with Gasteiger partial charge in [-0.15, -0.1) is 0 Å². The molecule has 2 amide bonds. The molecule has 7 heteroatoms. The molecule has 2 rings (SSSR count). The average molecular weight is 304 g/mol. The lowest BCUT2D eigenvalue weighted by molar-refractivity contribution is 0.0987. The fourth-order valence-corrected chi connectivity index (χ4v) is 1.72. The molecule has 7 nitrogen and oxygen atoms in total. The number of hydrogen-bond donors (Lipinski definition) is 2. The minimum absolute atomic E-state index is 0.198. The van der Waals surface area contributed by atoms with Crippen molar-refractivity contribution in [3.8, 4) is 0 Å². The molecule has 0 spiro atoms. The molecule has 0 atom stereocenters. The van der Waals surface area contributed by atoms with Gasteiger partial charge in [0.25, 0.3) is 5.91 Å². The Balaban J connectivity index is 1.97. The van der Waals surface area contributed by atoms with E-state index in [-0.39, 0.29) is 11.7 Å². The Morgan fingerprint density at radius 1 is 1.00 bits per heavy atom. The number of amides is 2. The van der Waals surface area contributed by atoms with Gasteiger partial charge in [-0.25, -0.2) is 4.79 Å². The molecule has 22 heavy (non-hydrogen) atoms. The van der Waals surface area contributed by atoms with Gasteiger partial charge in [0.05, 0.1) is 7.11 Å². The minimum atomic E-state index is -0.557. The van der Waals surface area contributed by atoms with Crippen LogP contribution in [0.25, 0.3) is 0 Å². The Morgan fingerprint density at radius 3 is 2.23 bits per heavy atom. The molecular weight excluding hydrogens is 288 g/mol. The van der Waals surface area contributed by atoms with Gasteiger partial charge in [0, 0.05) is 18.5 Å². The van der Waals surface area contributed by atoms with Gasteiger partial charge in [-0.2, -0.15) is 0 Å². The summed E-state index contributed by atoms with van der Waals surface area (Å²) in [5, 5.41) is 5.21. The molecule has 0 bridgehead atoms. The zero-order valence-electron chi connectivity index (χ0n) is 12.2. The summed E-state index contributed by atoms with van der Waals surface area (Å²) in [6.45, 7) is 0.307. The van der Waals surface area contributed by atoms with Crippen LogP contribution in [0.15, 0.2) is 40.8 Å². The predicted octanol–water partition coefficient (Wildman–Crippen LogP) is 2.86. The number of methoxy groups -OCH3 is 2. The number of carbonyl (C=O) groups is 2. The number of furan rings is 1. The first kappa shape index (κ1) is 15.6. The Kier molecular flexibility index (Phi) is 5.16. The summed E-state index contributed by atoms with van der Waals surface area (Å²) in [4.78, 5) is 23.1. The summed E-state index contributed by atoms with van der Waals surface area (Å²) in [5.41, 5.74) is 1.13. The van der Waals surface area contributed by atoms with Gasteiger partial charge >= 0.3 is 6.09 Å². The molecule has 116 valence electrons. The molecule has 1 aromatic carbocycles. The number of ether oxygens (including phenoxy) is 2. The maximum absolute atomic E-state index is 12.0. The normalized spacial score (nSPS) is 10.1. The van der Waals surface area contributed by atoms with Crippen LogP contribution in [0.3, 0.4) is 0 Å². The van der Waals surface area contributed by atoms with Crippen LogP contribution >= 0.6 is 0 Å². The molecule has 0 aliphatic heterocycles. The molecule has 1 aromatic heterocycles. The first-order valence-electron chi connectivity index (χ1n) is 6.46. The second kappa shape index (κ2) is 7.28. The summed E-state index contributed by atoms with van der Waals surface area (Å²) >= 11 is 0. The van der Waals surface area contributed by atoms with E-state index in [2.05, 4.69) is 15.4 Å². The monoisotopic (exact) mass is 304 g/mol. The van der Waals surface area contributed by atoms with Crippen LogP contribution in [0.2, 0.25) is 0 Å². The molecule has 0 saturated carbocycles. The lowest BCUT2D eigenvalue weighted by Crippen LogP contribution is -2.12. The van der Waals surface area contributed by atoms with Gasteiger partial charge in [0.2, 0.25) is 0 Å². The number of rotatable bonds is 5. The van der Waals surface area contributed by atoms with Gasteiger partial charge in [0.1, 0.15) is 12.4 Å². The Labute approximate surface area is 127 Å². The summed E-state index contributed by atoms with van der Waals surface area (Å²) < 4.78 is 14.7. The van der Waals surface area contributed by atoms with Crippen molar-refractivity contribution < 1.29 is 23.5 Å². The maximum atomic E-state index is 12.0. The van der Waals surface area contributed by atoms with Gasteiger partial charge in [-0.05, 0) is 36.4 Å². The number of carbonyl (C=O) groups excluding carboxylic acids is 2. The first-order chi connectivity index (χ1) is 10.6. The highest BCUT2D eigenvalue weighted by atomic mass is 16.5. The van der Waals surface area contributed by atoms with E-state index in [9.17, 15) is 9.59 Å². The molecule has 1 heterocycles. The highest BCUT2D eigenvalue weighted by molar-refractivity contribution is 6.02. The average Bonchev–Trinajstić information content (AvgIpc) is 2.98. The maximum Gasteiger partial charge on any atom is 0.411 e. The molecule has 0 fully saturated rings. The topological polar surface area (TPSA) is 89.8 Å². The van der Waals surface area contributed by atoms with Crippen molar-refractivity contribution in [2.45, 2.75) is 6.61 Å². The molecule has 0 aliphatic rings. The number of anilines is 2. The van der Waals surface area contributed by atoms with Crippen molar-refractivity contribution in [2.75, 3.05) is 24.9 Å². The van der Waals surface area contributed by atoms with Crippen LogP contribution < -0.4 is 10.6 Å². The molecule has 2 aromatic rings. The molecular formula is C15H16N2O5. The predicted molar refractivity (Wildman–Crippen MR) is 79.8 cm³/mol. The first-order valence-corrected chi connectivity index (χ1v) is 6.46. The van der Waals surface area contributed by atoms with Crippen LogP contribution in [0.1, 0.15) is 16.3 Å². The third kappa shape index (κ3) is 4.10. The highest BCUT2D eigenvalue weighted by Crippen LogP contribution is 2.16. The molecule has 0 aliphatic carbocycles. The summed E-state index contributed by atoms with van der Waals surface area (Å²) in [7, 11) is 2.83. The van der Waals surface area contributed by atoms with Crippen molar-refractivity contribution >= 4 is 23.4 Å². The zero-order valence-corrected chi connectivity index (χ0v) is 12.2. The van der Waals surface area contributed by atoms with Gasteiger partial charge in [0.15, 0.2) is 5.76 Å². The SMILES string of the molecule is COCc1ccc(C(=O)Nc2ccc(NC(=O)OC)cc2)o1. The lowest BCUT2D eigenvalue weighted by atomic mass is 10.2. The smallest absolute Gasteiger partial charge is 0.411 e. The number of hydrogen-bond acceptors (Lipinski definition) is 5. The van der Waals surface area contributed by atoms with E-state index >= 15 is 0 Å². The Bertz CT molecular complexity index is 648. The van der Waals surface area contributed by atoms with Crippen LogP contribution in [-0.2, 0) is 16.1 Å². The highest BCUT2D eigenvalue weighted by Gasteiger charge is 2.11. The zero-order chi connectivity index (χ0) is 15.9. The standard InChI is InChI=1S/C15H16N2O5/c1-20-9-12-7-8-13(22-12)14(18)16-10-3-5-11(6-4-10)17-15(19)21-2/h3-8H,9H2,1-2H3,(H,16,18)(H,17,19). The van der Waals surface area contributed by atoms with Crippen molar-refractivity contribution in [1.82, 2.24) is 0 Å². The fourth-order valence-electron chi connectivity index (χ4n) is 1.72. The second-order valence-corrected chi connectivity index (χ2v) is 4.35. The molecule has 0 unspecified atom stereocenters. The summed E-state index contributed by atoms with van der Waals surface area (Å²) in [6.07, 6.45) is -0.557. The number of benzene rings is 1. The van der Waals surface area contributed by atoms with E-state index in [4.69, 9.17) is 9.15 Å². The van der Waals surface area contributed by atoms with Gasteiger partial charge in [-0.1, -0.05) is 0 Å². The number of nitrogens with one attached hydrogen (secondary N) is 2. The summed E-state index contributed by atoms with van der Waals surface area (Å²) in [6, 6.07) is 9.86. The third-order valence-electron chi connectivity index (χ3n) is 2.75. The fraction of sp³-hybridized carbons (Fsp3) is 0.200. The quantitative estimate of drug-likeness (QED) is 0.886. The van der Waals surface area contributed by atoms with E-state index in [1.54, 1.807) is 43.5 Å². The Hall–Kier alpha value is -2.80. The van der Waals surface area contributed by atoms with Crippen LogP contribution in [0.5, 0.6) is 0 Å². The van der Waals surface area contributed by atoms with E-state index in [1.165, 1.54) is 7.11 Å². The van der Waals surface area contributed by atoms with Crippen LogP contribution in [-0.4, -0.2) is 26.2 Å². The van der Waals surface area contributed by atoms with E-state index in [1.807, 2.05) is 0 Å². The third-order valence-corrected chi connectivity index (χ3v) is 2.75. The van der Waals surface area contributed by atoms with E-state index in [0.717, 1.165) is 0 Å².